The summed E-state index contributed by atoms with van der Waals surface area (Å²) in [7, 11) is 7.59. The van der Waals surface area contributed by atoms with E-state index in [4.69, 9.17) is 30.3 Å². The number of unbranched alkanes of at least 4 members (excludes halogenated alkanes) is 4. The third kappa shape index (κ3) is 14.9. The van der Waals surface area contributed by atoms with Crippen molar-refractivity contribution in [1.29, 1.82) is 0 Å². The molecule has 1 saturated heterocycles. The first-order chi connectivity index (χ1) is 46.4. The van der Waals surface area contributed by atoms with Crippen molar-refractivity contribution in [2.75, 3.05) is 26.1 Å². The molecule has 4 aromatic heterocycles. The lowest BCUT2D eigenvalue weighted by Crippen LogP contribution is -2.44. The molecule has 12 rings (SSSR count). The second-order valence-electron chi connectivity index (χ2n) is 23.4. The number of halogens is 1. The average molecular weight is 1430 g/mol. The number of likely N-dealkylation sites (tertiary alicyclic amines) is 1. The molecular formula is C67H77FN6O16P4S2. The second-order valence-corrected chi connectivity index (χ2v) is 30.8. The summed E-state index contributed by atoms with van der Waals surface area (Å²) < 4.78 is 40.5. The largest absolute Gasteiger partial charge is 0.458 e. The average Bonchev–Trinajstić information content (AvgIpc) is 1.62. The van der Waals surface area contributed by atoms with Crippen LogP contribution in [0.15, 0.2) is 70.3 Å². The van der Waals surface area contributed by atoms with Gasteiger partial charge < -0.3 is 38.3 Å². The van der Waals surface area contributed by atoms with Gasteiger partial charge in [0, 0.05) is 82.3 Å². The fraction of sp³-hybridized carbons (Fsp3) is 0.433. The van der Waals surface area contributed by atoms with E-state index in [0.717, 1.165) is 46.7 Å². The van der Waals surface area contributed by atoms with Crippen molar-refractivity contribution >= 4 is 129 Å². The normalized spacial score (nSPS) is 18.8. The monoisotopic (exact) mass is 1430 g/mol. The van der Waals surface area contributed by atoms with E-state index in [1.54, 1.807) is 71.5 Å². The number of nitrogens with zero attached hydrogens (tertiary/aromatic N) is 6. The summed E-state index contributed by atoms with van der Waals surface area (Å²) in [6.45, 7) is 8.23. The van der Waals surface area contributed by atoms with Crippen molar-refractivity contribution in [3.63, 3.8) is 0 Å². The van der Waals surface area contributed by atoms with E-state index < -0.39 is 30.3 Å². The number of thiol groups is 1. The maximum Gasteiger partial charge on any atom is 0.343 e. The molecule has 0 saturated carbocycles. The van der Waals surface area contributed by atoms with Gasteiger partial charge in [0.2, 0.25) is 11.8 Å². The Morgan fingerprint density at radius 2 is 1.12 bits per heavy atom. The molecule has 10 heterocycles. The number of benzene rings is 2. The molecular weight excluding hydrogens is 1350 g/mol. The molecule has 1 fully saturated rings. The molecule has 510 valence electrons. The van der Waals surface area contributed by atoms with E-state index in [1.807, 2.05) is 13.8 Å². The molecule has 6 aliphatic rings. The summed E-state index contributed by atoms with van der Waals surface area (Å²) in [6.07, 6.45) is 8.24. The Morgan fingerprint density at radius 1 is 0.698 bits per heavy atom. The van der Waals surface area contributed by atoms with Crippen LogP contribution in [-0.4, -0.2) is 123 Å². The Kier molecular flexibility index (Phi) is 23.9. The summed E-state index contributed by atoms with van der Waals surface area (Å²) in [4.78, 5) is 138. The number of alkyl halides is 1. The number of aliphatic hydroxyl groups is 2. The standard InChI is InChI=1S/C33H37N3O8P2S.C32H31N3O8.CH3F.CH6P2S/c1-3-18-19-12-17(44-27(38)8-6-5-7-11-35-26(37)14-25(30(35)40)47-32(45)46)9-10-23(19)34-28-20(18)15-36-24(28)13-22-21(29(36)39)16-43-31(41)33(22,42)4-2;1-3-19-20-14-18(43-28(38)8-6-5-7-13-34-26(36)11-12-27(34)37)9-10-24(20)33-29-21(19)16-35-25(29)15-23-22(30(35)39)17-42-31(40)32(23,41)4-2;1-2;2-1-3-4/h9-10,12-13,25,32,42H,3-8,11,14-16,45-46H2,1-2H3;9-12,14-15,41H,3-8,13,16-17H2,1-2H3;1H3;3-4H,1-2H2/t25?,33-;32-;;/m00../s1/i;;1D;. The van der Waals surface area contributed by atoms with Gasteiger partial charge in [0.1, 0.15) is 24.7 Å². The van der Waals surface area contributed by atoms with Crippen LogP contribution in [0, 0.1) is 0 Å². The van der Waals surface area contributed by atoms with Crippen LogP contribution in [0.4, 0.5) is 4.39 Å². The molecule has 29 heteroatoms. The number of thioether (sulfide) groups is 1. The predicted octanol–water partition coefficient (Wildman–Crippen LogP) is 8.96. The minimum Gasteiger partial charge on any atom is -0.458 e. The van der Waals surface area contributed by atoms with Crippen molar-refractivity contribution in [3.05, 3.63) is 126 Å². The van der Waals surface area contributed by atoms with Crippen LogP contribution in [0.3, 0.4) is 0 Å². The number of amides is 4. The van der Waals surface area contributed by atoms with E-state index in [0.29, 0.717) is 110 Å². The number of fused-ring (bicyclic) bond motifs is 10. The van der Waals surface area contributed by atoms with Gasteiger partial charge in [-0.05, 0) is 117 Å². The first-order valence-electron chi connectivity index (χ1n) is 32.3. The molecule has 22 nitrogen and oxygen atoms in total. The van der Waals surface area contributed by atoms with E-state index in [9.17, 15) is 62.5 Å². The van der Waals surface area contributed by atoms with Gasteiger partial charge in [0.25, 0.3) is 22.9 Å². The van der Waals surface area contributed by atoms with Crippen LogP contribution >= 0.6 is 59.5 Å². The fourth-order valence-electron chi connectivity index (χ4n) is 12.8. The number of imide groups is 2. The summed E-state index contributed by atoms with van der Waals surface area (Å²) in [5.41, 5.74) is 4.02. The number of ether oxygens (including phenoxy) is 4. The number of carbonyl (C=O) groups excluding carboxylic acids is 8. The fourth-order valence-corrected chi connectivity index (χ4v) is 14.8. The molecule has 0 spiro atoms. The SMILES string of the molecule is CCc1c2c(nc3ccc(OC(=O)CCCCCN4C(=O)C=CC4=O)cc13)-c1cc3c(c(=O)n1C2)COC(=O)[C@]3(O)CC.CCc1c2c(nc3ccc(OC(=O)CCCCCN4C(=O)CC(SC(P)P)C4=O)cc13)-c1cc3c(c(=O)n1C2)COC(=O)[C@]3(O)CC.PCPS.[2H]CF. The van der Waals surface area contributed by atoms with Crippen LogP contribution in [-0.2, 0) is 98.2 Å². The summed E-state index contributed by atoms with van der Waals surface area (Å²) in [5.74, 6) is -1.27. The molecule has 0 radical (unpaired) electrons. The van der Waals surface area contributed by atoms with E-state index in [2.05, 4.69) is 40.0 Å². The Balaban J connectivity index is 0.000000208. The molecule has 96 heavy (non-hydrogen) atoms. The maximum atomic E-state index is 13.6. The van der Waals surface area contributed by atoms with Gasteiger partial charge >= 0.3 is 23.9 Å². The molecule has 7 atom stereocenters. The smallest absolute Gasteiger partial charge is 0.343 e. The molecule has 6 aliphatic heterocycles. The second kappa shape index (κ2) is 31.9. The van der Waals surface area contributed by atoms with Gasteiger partial charge in [-0.1, -0.05) is 48.3 Å². The lowest BCUT2D eigenvalue weighted by Gasteiger charge is -2.31. The Bertz CT molecular complexity index is 4290. The van der Waals surface area contributed by atoms with E-state index >= 15 is 0 Å². The molecule has 4 amide bonds. The molecule has 0 aliphatic carbocycles. The zero-order valence-corrected chi connectivity index (χ0v) is 59.7. The highest BCUT2D eigenvalue weighted by atomic mass is 32.7. The molecule has 6 aromatic rings. The minimum atomic E-state index is -1.89. The van der Waals surface area contributed by atoms with Crippen molar-refractivity contribution < 1.29 is 73.3 Å². The van der Waals surface area contributed by atoms with Crippen LogP contribution in [0.2, 0.25) is 0 Å². The van der Waals surface area contributed by atoms with Gasteiger partial charge in [0.05, 0.1) is 71.8 Å². The summed E-state index contributed by atoms with van der Waals surface area (Å²) in [6, 6.07) is 13.9. The molecule has 2 aromatic carbocycles. The van der Waals surface area contributed by atoms with Crippen molar-refractivity contribution in [3.8, 4) is 34.3 Å². The maximum absolute atomic E-state index is 13.6. The zero-order valence-electron chi connectivity index (χ0n) is 54.5. The number of carbonyl (C=O) groups is 8. The number of hydrogen-bond donors (Lipinski definition) is 3. The number of rotatable bonds is 21. The first-order valence-corrected chi connectivity index (χ1v) is 37.2. The van der Waals surface area contributed by atoms with Crippen LogP contribution < -0.4 is 20.6 Å². The lowest BCUT2D eigenvalue weighted by molar-refractivity contribution is -0.172. The number of aryl methyl sites for hydroxylation is 2. The molecule has 2 N–H and O–H groups in total. The third-order valence-electron chi connectivity index (χ3n) is 17.8. The van der Waals surface area contributed by atoms with Gasteiger partial charge in [0.15, 0.2) is 11.2 Å². The van der Waals surface area contributed by atoms with Crippen LogP contribution in [0.5, 0.6) is 11.5 Å². The quantitative estimate of drug-likeness (QED) is 0.0151. The highest BCUT2D eigenvalue weighted by Gasteiger charge is 2.47. The van der Waals surface area contributed by atoms with Gasteiger partial charge in [-0.25, -0.2) is 19.6 Å². The van der Waals surface area contributed by atoms with Crippen LogP contribution in [0.25, 0.3) is 44.6 Å². The first kappa shape index (κ1) is 72.1. The van der Waals surface area contributed by atoms with Crippen molar-refractivity contribution in [2.24, 2.45) is 0 Å². The van der Waals surface area contributed by atoms with Gasteiger partial charge in [-0.15, -0.1) is 39.5 Å². The minimum absolute atomic E-state index is 0.0686. The number of pyridine rings is 4. The van der Waals surface area contributed by atoms with Crippen LogP contribution in [0.1, 0.15) is 144 Å². The highest BCUT2D eigenvalue weighted by molar-refractivity contribution is 8.38. The lowest BCUT2D eigenvalue weighted by atomic mass is 9.86. The van der Waals surface area contributed by atoms with E-state index in [-0.39, 0.29) is 137 Å². The number of aromatic nitrogens is 4. The number of esters is 4. The van der Waals surface area contributed by atoms with Gasteiger partial charge in [-0.2, -0.15) is 12.2 Å². The predicted molar refractivity (Wildman–Crippen MR) is 377 cm³/mol. The molecule has 5 unspecified atom stereocenters. The Labute approximate surface area is 572 Å². The third-order valence-corrected chi connectivity index (χ3v) is 22.1. The Hall–Kier alpha value is -6.67. The highest BCUT2D eigenvalue weighted by Crippen LogP contribution is 2.44. The number of hydrogen-bond acceptors (Lipinski definition) is 20. The van der Waals surface area contributed by atoms with Crippen molar-refractivity contribution in [2.45, 2.75) is 159 Å². The van der Waals surface area contributed by atoms with E-state index in [1.165, 1.54) is 33.7 Å². The molecule has 0 bridgehead atoms. The Morgan fingerprint density at radius 3 is 1.52 bits per heavy atom. The van der Waals surface area contributed by atoms with Crippen molar-refractivity contribution in [1.82, 2.24) is 28.9 Å². The summed E-state index contributed by atoms with van der Waals surface area (Å²) >= 11 is 5.38. The summed E-state index contributed by atoms with van der Waals surface area (Å²) in [5, 5.41) is 23.5. The zero-order chi connectivity index (χ0) is 70.2. The topological polar surface area (TPSA) is 290 Å². The van der Waals surface area contributed by atoms with Gasteiger partial charge in [-0.3, -0.25) is 52.5 Å². The number of cyclic esters (lactones) is 2.